The summed E-state index contributed by atoms with van der Waals surface area (Å²) in [5.74, 6) is 0. The van der Waals surface area contributed by atoms with Crippen molar-refractivity contribution in [3.8, 4) is 44.8 Å². The minimum Gasteiger partial charge on any atom is -0.248 e. The summed E-state index contributed by atoms with van der Waals surface area (Å²) in [7, 11) is 0. The largest absolute Gasteiger partial charge is 0.248 e. The molecule has 4 aliphatic carbocycles. The fourth-order valence-corrected chi connectivity index (χ4v) is 11.7. The van der Waals surface area contributed by atoms with Gasteiger partial charge in [0.05, 0.1) is 16.8 Å². The summed E-state index contributed by atoms with van der Waals surface area (Å²) in [6.45, 7) is 9.57. The molecule has 0 N–H and O–H groups in total. The lowest BCUT2D eigenvalue weighted by atomic mass is 9.55. The van der Waals surface area contributed by atoms with E-state index in [1.54, 1.807) is 0 Å². The van der Waals surface area contributed by atoms with Crippen molar-refractivity contribution in [3.63, 3.8) is 0 Å². The van der Waals surface area contributed by atoms with Gasteiger partial charge in [-0.25, -0.2) is 4.98 Å². The van der Waals surface area contributed by atoms with Crippen LogP contribution in [0.15, 0.2) is 206 Å². The predicted octanol–water partition coefficient (Wildman–Crippen LogP) is 15.2. The summed E-state index contributed by atoms with van der Waals surface area (Å²) >= 11 is 0. The van der Waals surface area contributed by atoms with Gasteiger partial charge in [-0.1, -0.05) is 204 Å². The Kier molecular flexibility index (Phi) is 7.97. The summed E-state index contributed by atoms with van der Waals surface area (Å²) in [4.78, 5) is 5.32. The Labute approximate surface area is 365 Å². The Bertz CT molecular complexity index is 3140. The maximum atomic E-state index is 5.32. The van der Waals surface area contributed by atoms with Crippen molar-refractivity contribution >= 4 is 11.1 Å². The van der Waals surface area contributed by atoms with Crippen molar-refractivity contribution in [2.24, 2.45) is 0 Å². The normalized spacial score (nSPS) is 16.7. The molecule has 1 nitrogen and oxygen atoms in total. The number of aromatic nitrogens is 1. The summed E-state index contributed by atoms with van der Waals surface area (Å²) in [5, 5.41) is 0. The van der Waals surface area contributed by atoms with Crippen LogP contribution in [0.5, 0.6) is 0 Å². The summed E-state index contributed by atoms with van der Waals surface area (Å²) < 4.78 is 0. The first kappa shape index (κ1) is 36.7. The third-order valence-corrected chi connectivity index (χ3v) is 14.6. The van der Waals surface area contributed by atoms with Gasteiger partial charge in [-0.05, 0) is 120 Å². The third kappa shape index (κ3) is 5.12. The molecule has 0 radical (unpaired) electrons. The zero-order valence-corrected chi connectivity index (χ0v) is 35.7. The van der Waals surface area contributed by atoms with E-state index >= 15 is 0 Å². The lowest BCUT2D eigenvalue weighted by molar-refractivity contribution is 0.555. The first-order valence-electron chi connectivity index (χ1n) is 22.1. The topological polar surface area (TPSA) is 12.9 Å². The van der Waals surface area contributed by atoms with Crippen LogP contribution in [0.4, 0.5) is 0 Å². The fourth-order valence-electron chi connectivity index (χ4n) is 11.7. The molecule has 4 aliphatic rings. The van der Waals surface area contributed by atoms with Crippen molar-refractivity contribution in [2.45, 2.75) is 50.4 Å². The zero-order chi connectivity index (χ0) is 41.8. The van der Waals surface area contributed by atoms with Crippen molar-refractivity contribution in [1.82, 2.24) is 4.98 Å². The molecule has 1 aromatic heterocycles. The molecule has 0 aliphatic heterocycles. The maximum Gasteiger partial charge on any atom is 0.0715 e. The van der Waals surface area contributed by atoms with Gasteiger partial charge < -0.3 is 0 Å². The van der Waals surface area contributed by atoms with Gasteiger partial charge in [0, 0.05) is 22.0 Å². The van der Waals surface area contributed by atoms with Crippen LogP contribution in [-0.2, 0) is 16.2 Å². The number of nitrogens with zero attached hydrogens (tertiary/aromatic N) is 1. The van der Waals surface area contributed by atoms with Crippen LogP contribution in [0, 0.1) is 0 Å². The van der Waals surface area contributed by atoms with E-state index < -0.39 is 5.41 Å². The molecular weight excluding hydrogens is 747 g/mol. The molecule has 0 unspecified atom stereocenters. The summed E-state index contributed by atoms with van der Waals surface area (Å²) in [6, 6.07) is 67.7. The van der Waals surface area contributed by atoms with E-state index in [2.05, 4.69) is 228 Å². The smallest absolute Gasteiger partial charge is 0.0715 e. The maximum absolute atomic E-state index is 5.32. The van der Waals surface area contributed by atoms with Crippen LogP contribution in [0.2, 0.25) is 0 Å². The lowest BCUT2D eigenvalue weighted by Gasteiger charge is -2.47. The van der Waals surface area contributed by atoms with Gasteiger partial charge >= 0.3 is 0 Å². The molecule has 8 aromatic rings. The Morgan fingerprint density at radius 1 is 0.403 bits per heavy atom. The van der Waals surface area contributed by atoms with Crippen molar-refractivity contribution < 1.29 is 0 Å². The molecule has 0 saturated heterocycles. The van der Waals surface area contributed by atoms with Crippen LogP contribution < -0.4 is 0 Å². The average Bonchev–Trinajstić information content (AvgIpc) is 3.58. The quantitative estimate of drug-likeness (QED) is 0.173. The number of hydrogen-bond acceptors (Lipinski definition) is 1. The predicted molar refractivity (Wildman–Crippen MR) is 258 cm³/mol. The fraction of sp³-hybridized carbons (Fsp3) is 0.131. The first-order valence-corrected chi connectivity index (χ1v) is 22.1. The number of fused-ring (bicyclic) bond motifs is 11. The molecule has 12 rings (SSSR count). The van der Waals surface area contributed by atoms with Crippen molar-refractivity contribution in [3.05, 3.63) is 256 Å². The monoisotopic (exact) mass is 793 g/mol. The minimum atomic E-state index is -0.487. The molecule has 0 amide bonds. The molecule has 0 bridgehead atoms. The number of allylic oxidation sites excluding steroid dienone is 6. The van der Waals surface area contributed by atoms with E-state index in [1.165, 1.54) is 89.0 Å². The van der Waals surface area contributed by atoms with Gasteiger partial charge in [0.15, 0.2) is 0 Å². The molecule has 1 heteroatoms. The Morgan fingerprint density at radius 3 is 1.56 bits per heavy atom. The average molecular weight is 794 g/mol. The van der Waals surface area contributed by atoms with E-state index in [1.807, 2.05) is 0 Å². The Hall–Kier alpha value is -7.09. The SMILES string of the molecule is CC1(C)c2ccccc2-c2ccc(C3=CC4=C(CC=C3)C3(c5ccccc5C(C)(C)c5ccccc53)c3cccc(-c5cc(-c6ccccc6)nc(-c6ccccc6)c5)c34)cc21. The van der Waals surface area contributed by atoms with Crippen LogP contribution in [-0.4, -0.2) is 4.98 Å². The van der Waals surface area contributed by atoms with Gasteiger partial charge in [0.25, 0.3) is 0 Å². The van der Waals surface area contributed by atoms with Gasteiger partial charge in [0.2, 0.25) is 0 Å². The van der Waals surface area contributed by atoms with Crippen LogP contribution in [0.1, 0.15) is 84.2 Å². The molecule has 0 saturated carbocycles. The van der Waals surface area contributed by atoms with Crippen LogP contribution in [0.3, 0.4) is 0 Å². The highest BCUT2D eigenvalue weighted by atomic mass is 14.7. The second-order valence-corrected chi connectivity index (χ2v) is 18.6. The standard InChI is InChI=1S/C61H47N/c1-59(2)48-26-12-11-24-45(48)46-34-33-42(36-55(46)59)41-23-17-31-49-47(35-41)58-44(43-37-56(39-19-7-5-8-20-39)62-57(38-43)40-21-9-6-10-22-40)25-18-32-54(58)61(49)52-29-15-13-27-50(52)60(3,4)51-28-14-16-30-53(51)61/h5-30,32-38H,31H2,1-4H3. The summed E-state index contributed by atoms with van der Waals surface area (Å²) in [5.41, 5.74) is 24.8. The third-order valence-electron chi connectivity index (χ3n) is 14.6. The summed E-state index contributed by atoms with van der Waals surface area (Å²) in [6.07, 6.45) is 8.20. The first-order chi connectivity index (χ1) is 30.3. The van der Waals surface area contributed by atoms with Gasteiger partial charge in [0.1, 0.15) is 0 Å². The van der Waals surface area contributed by atoms with E-state index in [4.69, 9.17) is 4.98 Å². The highest BCUT2D eigenvalue weighted by Gasteiger charge is 2.54. The molecule has 0 atom stereocenters. The molecule has 1 spiro atoms. The minimum absolute atomic E-state index is 0.0882. The number of hydrogen-bond donors (Lipinski definition) is 0. The van der Waals surface area contributed by atoms with E-state index in [0.29, 0.717) is 0 Å². The number of benzene rings is 7. The van der Waals surface area contributed by atoms with Crippen molar-refractivity contribution in [1.29, 1.82) is 0 Å². The van der Waals surface area contributed by atoms with E-state index in [9.17, 15) is 0 Å². The number of rotatable bonds is 4. The molecule has 0 fully saturated rings. The number of pyridine rings is 1. The Morgan fingerprint density at radius 2 is 0.919 bits per heavy atom. The van der Waals surface area contributed by atoms with E-state index in [0.717, 1.165) is 28.9 Å². The van der Waals surface area contributed by atoms with Crippen molar-refractivity contribution in [2.75, 3.05) is 0 Å². The second-order valence-electron chi connectivity index (χ2n) is 18.6. The van der Waals surface area contributed by atoms with Gasteiger partial charge in [-0.3, -0.25) is 0 Å². The zero-order valence-electron chi connectivity index (χ0n) is 35.7. The highest BCUT2D eigenvalue weighted by Crippen LogP contribution is 2.64. The second kappa shape index (κ2) is 13.5. The van der Waals surface area contributed by atoms with Crippen LogP contribution in [0.25, 0.3) is 55.9 Å². The molecule has 7 aromatic carbocycles. The van der Waals surface area contributed by atoms with Gasteiger partial charge in [-0.2, -0.15) is 0 Å². The Balaban J connectivity index is 1.16. The van der Waals surface area contributed by atoms with E-state index in [-0.39, 0.29) is 10.8 Å². The molecular formula is C61H47N. The molecule has 1 heterocycles. The highest BCUT2D eigenvalue weighted by molar-refractivity contribution is 6.02. The molecule has 296 valence electrons. The molecule has 62 heavy (non-hydrogen) atoms. The van der Waals surface area contributed by atoms with Gasteiger partial charge in [-0.15, -0.1) is 0 Å². The van der Waals surface area contributed by atoms with Crippen LogP contribution >= 0.6 is 0 Å². The lowest BCUT2D eigenvalue weighted by Crippen LogP contribution is -2.41.